The van der Waals surface area contributed by atoms with E-state index in [2.05, 4.69) is 5.10 Å². The van der Waals surface area contributed by atoms with E-state index in [1.807, 2.05) is 84.9 Å². The molecule has 0 saturated carbocycles. The number of nitrogens with zero attached hydrogens (tertiary/aromatic N) is 2. The van der Waals surface area contributed by atoms with Gasteiger partial charge in [-0.1, -0.05) is 54.6 Å². The summed E-state index contributed by atoms with van der Waals surface area (Å²) in [7, 11) is 0. The second kappa shape index (κ2) is 6.70. The quantitative estimate of drug-likeness (QED) is 0.650. The lowest BCUT2D eigenvalue weighted by Gasteiger charge is -2.10. The Kier molecular flexibility index (Phi) is 3.91. The first-order valence-corrected chi connectivity index (χ1v) is 8.95. The van der Waals surface area contributed by atoms with Crippen molar-refractivity contribution in [2.45, 2.75) is 0 Å². The maximum atomic E-state index is 13.2. The summed E-state index contributed by atoms with van der Waals surface area (Å²) in [6, 6.07) is 24.8. The first kappa shape index (κ1) is 16.3. The summed E-state index contributed by atoms with van der Waals surface area (Å²) in [6.07, 6.45) is 1.85. The monoisotopic (exact) mass is 368 g/mol. The van der Waals surface area contributed by atoms with Crippen LogP contribution in [-0.4, -0.2) is 18.4 Å². The van der Waals surface area contributed by atoms with Crippen molar-refractivity contribution in [3.63, 3.8) is 0 Å². The third-order valence-corrected chi connectivity index (χ3v) is 4.63. The molecular weight excluding hydrogens is 352 g/mol. The summed E-state index contributed by atoms with van der Waals surface area (Å²) in [5.74, 6) is 1.23. The number of ether oxygens (including phenoxy) is 2. The molecule has 0 saturated heterocycles. The van der Waals surface area contributed by atoms with E-state index in [-0.39, 0.29) is 12.7 Å². The van der Waals surface area contributed by atoms with Crippen LogP contribution in [0.2, 0.25) is 0 Å². The molecule has 0 bridgehead atoms. The Hall–Kier alpha value is -3.86. The van der Waals surface area contributed by atoms with E-state index in [4.69, 9.17) is 9.47 Å². The fourth-order valence-corrected chi connectivity index (χ4v) is 3.27. The van der Waals surface area contributed by atoms with Crippen LogP contribution in [0.1, 0.15) is 11.1 Å². The van der Waals surface area contributed by atoms with Crippen LogP contribution < -0.4 is 14.5 Å². The smallest absolute Gasteiger partial charge is 0.281 e. The van der Waals surface area contributed by atoms with Gasteiger partial charge in [-0.25, -0.2) is 0 Å². The molecule has 2 aliphatic rings. The Morgan fingerprint density at radius 3 is 2.36 bits per heavy atom. The van der Waals surface area contributed by atoms with Gasteiger partial charge >= 0.3 is 0 Å². The van der Waals surface area contributed by atoms with Crippen molar-refractivity contribution in [2.24, 2.45) is 5.10 Å². The third kappa shape index (κ3) is 2.83. The molecule has 136 valence electrons. The lowest BCUT2D eigenvalue weighted by Crippen LogP contribution is -2.21. The molecule has 3 aromatic carbocycles. The van der Waals surface area contributed by atoms with Gasteiger partial charge in [-0.15, -0.1) is 0 Å². The fourth-order valence-electron chi connectivity index (χ4n) is 3.27. The molecule has 2 aliphatic heterocycles. The van der Waals surface area contributed by atoms with Crippen LogP contribution in [0.25, 0.3) is 6.08 Å². The molecule has 28 heavy (non-hydrogen) atoms. The largest absolute Gasteiger partial charge is 0.454 e. The molecule has 5 rings (SSSR count). The number of anilines is 1. The zero-order valence-corrected chi connectivity index (χ0v) is 14.9. The molecule has 2 heterocycles. The Morgan fingerprint density at radius 1 is 0.857 bits per heavy atom. The summed E-state index contributed by atoms with van der Waals surface area (Å²) in [4.78, 5) is 13.2. The molecule has 0 unspecified atom stereocenters. The van der Waals surface area contributed by atoms with Crippen molar-refractivity contribution in [1.82, 2.24) is 0 Å². The van der Waals surface area contributed by atoms with Crippen molar-refractivity contribution in [3.05, 3.63) is 95.6 Å². The van der Waals surface area contributed by atoms with Gasteiger partial charge in [0.25, 0.3) is 5.91 Å². The number of fused-ring (bicyclic) bond motifs is 1. The Bertz CT molecular complexity index is 1110. The highest BCUT2D eigenvalue weighted by atomic mass is 16.7. The molecule has 0 aliphatic carbocycles. The number of hydrogen-bond acceptors (Lipinski definition) is 4. The lowest BCUT2D eigenvalue weighted by molar-refractivity contribution is -0.114. The molecule has 0 spiro atoms. The topological polar surface area (TPSA) is 51.1 Å². The van der Waals surface area contributed by atoms with Crippen molar-refractivity contribution >= 4 is 23.4 Å². The van der Waals surface area contributed by atoms with E-state index in [1.165, 1.54) is 5.01 Å². The van der Waals surface area contributed by atoms with Crippen LogP contribution in [0.3, 0.4) is 0 Å². The second-order valence-electron chi connectivity index (χ2n) is 6.44. The van der Waals surface area contributed by atoms with Gasteiger partial charge in [0.1, 0.15) is 5.71 Å². The SMILES string of the molecule is O=C1C(=Cc2ccc3c(c2)OCO3)C(c2ccccc2)=NN1c1ccccc1. The summed E-state index contributed by atoms with van der Waals surface area (Å²) in [6.45, 7) is 0.215. The Morgan fingerprint density at radius 2 is 1.57 bits per heavy atom. The third-order valence-electron chi connectivity index (χ3n) is 4.63. The molecule has 0 radical (unpaired) electrons. The number of rotatable bonds is 3. The number of carbonyl (C=O) groups is 1. The predicted octanol–water partition coefficient (Wildman–Crippen LogP) is 4.25. The number of para-hydroxylation sites is 1. The van der Waals surface area contributed by atoms with Gasteiger partial charge < -0.3 is 9.47 Å². The highest BCUT2D eigenvalue weighted by molar-refractivity contribution is 6.37. The van der Waals surface area contributed by atoms with Crippen LogP contribution in [0.5, 0.6) is 11.5 Å². The molecule has 3 aromatic rings. The zero-order valence-electron chi connectivity index (χ0n) is 14.9. The van der Waals surface area contributed by atoms with Gasteiger partial charge in [-0.3, -0.25) is 4.79 Å². The Balaban J connectivity index is 1.60. The van der Waals surface area contributed by atoms with E-state index in [0.29, 0.717) is 22.8 Å². The van der Waals surface area contributed by atoms with Crippen LogP contribution in [-0.2, 0) is 4.79 Å². The molecule has 0 N–H and O–H groups in total. The summed E-state index contributed by atoms with van der Waals surface area (Å²) in [5.41, 5.74) is 3.66. The zero-order chi connectivity index (χ0) is 18.9. The van der Waals surface area contributed by atoms with Gasteiger partial charge in [-0.2, -0.15) is 10.1 Å². The number of hydrogen-bond donors (Lipinski definition) is 0. The van der Waals surface area contributed by atoms with E-state index in [9.17, 15) is 4.79 Å². The molecule has 0 fully saturated rings. The van der Waals surface area contributed by atoms with E-state index in [0.717, 1.165) is 16.8 Å². The standard InChI is InChI=1S/C23H16N2O3/c26-23-19(13-16-11-12-20-21(14-16)28-15-27-20)22(17-7-3-1-4-8-17)24-25(23)18-9-5-2-6-10-18/h1-14H,15H2. The van der Waals surface area contributed by atoms with Gasteiger partial charge in [0.2, 0.25) is 6.79 Å². The highest BCUT2D eigenvalue weighted by Gasteiger charge is 2.32. The van der Waals surface area contributed by atoms with Gasteiger partial charge in [0.15, 0.2) is 11.5 Å². The molecule has 1 amide bonds. The minimum atomic E-state index is -0.164. The van der Waals surface area contributed by atoms with Gasteiger partial charge in [0.05, 0.1) is 11.3 Å². The van der Waals surface area contributed by atoms with E-state index < -0.39 is 0 Å². The number of amides is 1. The summed E-state index contributed by atoms with van der Waals surface area (Å²) < 4.78 is 10.8. The summed E-state index contributed by atoms with van der Waals surface area (Å²) >= 11 is 0. The van der Waals surface area contributed by atoms with Crippen molar-refractivity contribution in [1.29, 1.82) is 0 Å². The number of hydrazone groups is 1. The van der Waals surface area contributed by atoms with E-state index in [1.54, 1.807) is 0 Å². The predicted molar refractivity (Wildman–Crippen MR) is 107 cm³/mol. The van der Waals surface area contributed by atoms with Crippen molar-refractivity contribution in [3.8, 4) is 11.5 Å². The number of benzene rings is 3. The van der Waals surface area contributed by atoms with Gasteiger partial charge in [-0.05, 0) is 35.9 Å². The molecule has 0 atom stereocenters. The number of carbonyl (C=O) groups excluding carboxylic acids is 1. The lowest BCUT2D eigenvalue weighted by atomic mass is 10.00. The second-order valence-corrected chi connectivity index (χ2v) is 6.44. The van der Waals surface area contributed by atoms with Crippen molar-refractivity contribution in [2.75, 3.05) is 11.8 Å². The first-order valence-electron chi connectivity index (χ1n) is 8.95. The Labute approximate surface area is 162 Å². The average molecular weight is 368 g/mol. The molecule has 5 nitrogen and oxygen atoms in total. The summed E-state index contributed by atoms with van der Waals surface area (Å²) in [5, 5.41) is 6.08. The van der Waals surface area contributed by atoms with Crippen LogP contribution in [0.4, 0.5) is 5.69 Å². The maximum absolute atomic E-state index is 13.2. The molecule has 5 heteroatoms. The van der Waals surface area contributed by atoms with Gasteiger partial charge in [0, 0.05) is 5.56 Å². The van der Waals surface area contributed by atoms with Crippen LogP contribution >= 0.6 is 0 Å². The fraction of sp³-hybridized carbons (Fsp3) is 0.0435. The maximum Gasteiger partial charge on any atom is 0.281 e. The normalized spacial score (nSPS) is 16.6. The highest BCUT2D eigenvalue weighted by Crippen LogP contribution is 2.34. The van der Waals surface area contributed by atoms with E-state index >= 15 is 0 Å². The minimum Gasteiger partial charge on any atom is -0.454 e. The first-order chi connectivity index (χ1) is 13.8. The van der Waals surface area contributed by atoms with Crippen LogP contribution in [0, 0.1) is 0 Å². The van der Waals surface area contributed by atoms with Crippen molar-refractivity contribution < 1.29 is 14.3 Å². The van der Waals surface area contributed by atoms with Crippen LogP contribution in [0.15, 0.2) is 89.5 Å². The average Bonchev–Trinajstić information content (AvgIpc) is 3.34. The minimum absolute atomic E-state index is 0.164. The molecular formula is C23H16N2O3. The molecule has 0 aromatic heterocycles.